The van der Waals surface area contributed by atoms with Gasteiger partial charge in [-0.3, -0.25) is 9.13 Å². The third kappa shape index (κ3) is 4.20. The van der Waals surface area contributed by atoms with Gasteiger partial charge >= 0.3 is 11.7 Å². The Bertz CT molecular complexity index is 1400. The highest BCUT2D eigenvalue weighted by atomic mass is 35.5. The smallest absolute Gasteiger partial charge is 0.337 e. The monoisotopic (exact) mass is 476 g/mol. The van der Waals surface area contributed by atoms with Crippen LogP contribution in [0.5, 0.6) is 0 Å². The number of esters is 1. The van der Waals surface area contributed by atoms with Crippen LogP contribution in [-0.4, -0.2) is 48.4 Å². The maximum Gasteiger partial charge on any atom is 0.337 e. The minimum atomic E-state index is -0.409. The Morgan fingerprint density at radius 3 is 2.44 bits per heavy atom. The van der Waals surface area contributed by atoms with Crippen molar-refractivity contribution in [3.05, 3.63) is 93.4 Å². The highest BCUT2D eigenvalue weighted by Gasteiger charge is 2.17. The minimum Gasteiger partial charge on any atom is -0.465 e. The van der Waals surface area contributed by atoms with Gasteiger partial charge in [0, 0.05) is 36.9 Å². The van der Waals surface area contributed by atoms with E-state index in [1.807, 2.05) is 30.3 Å². The normalized spacial score (nSPS) is 13.9. The van der Waals surface area contributed by atoms with Gasteiger partial charge in [-0.15, -0.1) is 0 Å². The van der Waals surface area contributed by atoms with Crippen molar-refractivity contribution in [3.63, 3.8) is 0 Å². The van der Waals surface area contributed by atoms with E-state index >= 15 is 0 Å². The molecule has 2 heterocycles. The molecule has 0 bridgehead atoms. The zero-order chi connectivity index (χ0) is 23.7. The number of anilines is 1. The molecule has 0 radical (unpaired) electrons. The number of hydrogen-bond donors (Lipinski definition) is 1. The molecule has 7 nitrogen and oxygen atoms in total. The molecule has 0 spiro atoms. The van der Waals surface area contributed by atoms with Crippen LogP contribution in [0, 0.1) is 0 Å². The average Bonchev–Trinajstić information content (AvgIpc) is 3.14. The maximum absolute atomic E-state index is 13.6. The number of hydrogen-bond acceptors (Lipinski definition) is 5. The van der Waals surface area contributed by atoms with Crippen LogP contribution < -0.4 is 15.9 Å². The van der Waals surface area contributed by atoms with Crippen LogP contribution in [-0.2, 0) is 11.3 Å². The number of ether oxygens (including phenoxy) is 1. The molecule has 0 saturated carbocycles. The summed E-state index contributed by atoms with van der Waals surface area (Å²) >= 11 is 6.31. The maximum atomic E-state index is 13.6. The van der Waals surface area contributed by atoms with Gasteiger partial charge in [0.15, 0.2) is 0 Å². The van der Waals surface area contributed by atoms with Gasteiger partial charge in [-0.25, -0.2) is 9.59 Å². The second-order valence-corrected chi connectivity index (χ2v) is 8.72. The van der Waals surface area contributed by atoms with Gasteiger partial charge in [0.05, 0.1) is 35.9 Å². The first-order valence-electron chi connectivity index (χ1n) is 11.2. The van der Waals surface area contributed by atoms with E-state index in [2.05, 4.69) is 22.3 Å². The summed E-state index contributed by atoms with van der Waals surface area (Å²) in [6, 6.07) is 20.6. The molecule has 0 aliphatic carbocycles. The van der Waals surface area contributed by atoms with Gasteiger partial charge in [0.2, 0.25) is 0 Å². The first-order valence-corrected chi connectivity index (χ1v) is 11.6. The van der Waals surface area contributed by atoms with E-state index in [-0.39, 0.29) is 5.69 Å². The van der Waals surface area contributed by atoms with Crippen molar-refractivity contribution in [2.45, 2.75) is 6.54 Å². The molecule has 1 saturated heterocycles. The van der Waals surface area contributed by atoms with Gasteiger partial charge in [-0.05, 0) is 60.2 Å². The summed E-state index contributed by atoms with van der Waals surface area (Å²) in [5.74, 6) is -0.409. The van der Waals surface area contributed by atoms with E-state index in [1.165, 1.54) is 7.11 Å². The number of methoxy groups -OCH3 is 1. The fourth-order valence-corrected chi connectivity index (χ4v) is 4.63. The lowest BCUT2D eigenvalue weighted by atomic mass is 10.1. The average molecular weight is 477 g/mol. The van der Waals surface area contributed by atoms with E-state index in [0.717, 1.165) is 54.2 Å². The summed E-state index contributed by atoms with van der Waals surface area (Å²) < 4.78 is 8.22. The number of carbonyl (C=O) groups excluding carboxylic acids is 1. The highest BCUT2D eigenvalue weighted by molar-refractivity contribution is 6.31. The topological polar surface area (TPSA) is 68.5 Å². The first kappa shape index (κ1) is 22.3. The molecule has 1 fully saturated rings. The molecule has 1 aromatic heterocycles. The molecule has 1 N–H and O–H groups in total. The molecule has 3 aromatic carbocycles. The van der Waals surface area contributed by atoms with Gasteiger partial charge in [0.1, 0.15) is 0 Å². The summed E-state index contributed by atoms with van der Waals surface area (Å²) in [5.41, 5.74) is 4.52. The summed E-state index contributed by atoms with van der Waals surface area (Å²) in [6.07, 6.45) is 0. The number of benzene rings is 3. The third-order valence-electron chi connectivity index (χ3n) is 6.17. The van der Waals surface area contributed by atoms with Crippen molar-refractivity contribution in [1.82, 2.24) is 14.5 Å². The Hall–Kier alpha value is -3.55. The van der Waals surface area contributed by atoms with Crippen LogP contribution in [0.25, 0.3) is 16.7 Å². The first-order chi connectivity index (χ1) is 16.5. The largest absolute Gasteiger partial charge is 0.465 e. The van der Waals surface area contributed by atoms with Crippen molar-refractivity contribution in [2.24, 2.45) is 0 Å². The molecule has 8 heteroatoms. The second kappa shape index (κ2) is 9.37. The molecule has 0 amide bonds. The van der Waals surface area contributed by atoms with Gasteiger partial charge in [0.25, 0.3) is 0 Å². The van der Waals surface area contributed by atoms with Crippen LogP contribution in [0.3, 0.4) is 0 Å². The van der Waals surface area contributed by atoms with E-state index in [0.29, 0.717) is 17.1 Å². The number of imidazole rings is 1. The number of nitrogens with one attached hydrogen (secondary N) is 1. The van der Waals surface area contributed by atoms with Crippen LogP contribution in [0.1, 0.15) is 15.9 Å². The Morgan fingerprint density at radius 1 is 0.971 bits per heavy atom. The van der Waals surface area contributed by atoms with Crippen molar-refractivity contribution in [3.8, 4) is 5.69 Å². The van der Waals surface area contributed by atoms with Crippen LogP contribution in [0.2, 0.25) is 5.02 Å². The van der Waals surface area contributed by atoms with E-state index < -0.39 is 5.97 Å². The Balaban J connectivity index is 1.56. The predicted octanol–water partition coefficient (Wildman–Crippen LogP) is 3.69. The summed E-state index contributed by atoms with van der Waals surface area (Å²) in [4.78, 5) is 27.9. The van der Waals surface area contributed by atoms with Gasteiger partial charge < -0.3 is 15.0 Å². The van der Waals surface area contributed by atoms with Crippen LogP contribution >= 0.6 is 11.6 Å². The molecule has 1 aliphatic heterocycles. The fraction of sp³-hybridized carbons (Fsp3) is 0.231. The Labute approximate surface area is 202 Å². The summed E-state index contributed by atoms with van der Waals surface area (Å²) in [5, 5.41) is 3.92. The van der Waals surface area contributed by atoms with Gasteiger partial charge in [-0.1, -0.05) is 23.7 Å². The van der Waals surface area contributed by atoms with Crippen LogP contribution in [0.15, 0.2) is 71.5 Å². The molecule has 1 aliphatic rings. The Kier molecular flexibility index (Phi) is 6.13. The number of piperazine rings is 1. The summed E-state index contributed by atoms with van der Waals surface area (Å²) in [6.45, 7) is 4.15. The highest BCUT2D eigenvalue weighted by Crippen LogP contribution is 2.24. The number of fused-ring (bicyclic) bond motifs is 1. The molecule has 34 heavy (non-hydrogen) atoms. The number of rotatable bonds is 5. The third-order valence-corrected chi connectivity index (χ3v) is 6.41. The SMILES string of the molecule is COC(=O)c1cccc(Cn2c(=O)n(-c3ccc(N4CCNCC4)cc3)c3cc(Cl)ccc32)c1. The zero-order valence-corrected chi connectivity index (χ0v) is 19.6. The molecule has 174 valence electrons. The predicted molar refractivity (Wildman–Crippen MR) is 135 cm³/mol. The van der Waals surface area contributed by atoms with Crippen LogP contribution in [0.4, 0.5) is 5.69 Å². The summed E-state index contributed by atoms with van der Waals surface area (Å²) in [7, 11) is 1.35. The molecule has 0 unspecified atom stereocenters. The zero-order valence-electron chi connectivity index (χ0n) is 18.8. The lowest BCUT2D eigenvalue weighted by molar-refractivity contribution is 0.0600. The van der Waals surface area contributed by atoms with E-state index in [1.54, 1.807) is 33.4 Å². The van der Waals surface area contributed by atoms with Crippen molar-refractivity contribution in [1.29, 1.82) is 0 Å². The molecule has 0 atom stereocenters. The fourth-order valence-electron chi connectivity index (χ4n) is 4.47. The number of nitrogens with zero attached hydrogens (tertiary/aromatic N) is 3. The number of carbonyl (C=O) groups is 1. The van der Waals surface area contributed by atoms with E-state index in [9.17, 15) is 9.59 Å². The lowest BCUT2D eigenvalue weighted by Crippen LogP contribution is -2.43. The van der Waals surface area contributed by atoms with Crippen molar-refractivity contribution in [2.75, 3.05) is 38.2 Å². The molecular weight excluding hydrogens is 452 g/mol. The quantitative estimate of drug-likeness (QED) is 0.445. The number of halogens is 1. The Morgan fingerprint density at radius 2 is 1.71 bits per heavy atom. The van der Waals surface area contributed by atoms with Gasteiger partial charge in [-0.2, -0.15) is 0 Å². The minimum absolute atomic E-state index is 0.171. The lowest BCUT2D eigenvalue weighted by Gasteiger charge is -2.29. The standard InChI is InChI=1S/C26H25ClN4O3/c1-34-25(32)19-4-2-3-18(15-19)17-30-23-10-5-20(27)16-24(23)31(26(30)33)22-8-6-21(7-9-22)29-13-11-28-12-14-29/h2-10,15-16,28H,11-14,17H2,1H3. The van der Waals surface area contributed by atoms with Crippen molar-refractivity contribution < 1.29 is 9.53 Å². The molecular formula is C26H25ClN4O3. The second-order valence-electron chi connectivity index (χ2n) is 8.28. The number of aromatic nitrogens is 2. The molecule has 4 aromatic rings. The van der Waals surface area contributed by atoms with E-state index in [4.69, 9.17) is 16.3 Å². The van der Waals surface area contributed by atoms with Crippen molar-refractivity contribution >= 4 is 34.3 Å². The molecule has 5 rings (SSSR count).